The summed E-state index contributed by atoms with van der Waals surface area (Å²) in [4.78, 5) is 11.5. The van der Waals surface area contributed by atoms with E-state index in [0.717, 1.165) is 18.6 Å². The third-order valence-corrected chi connectivity index (χ3v) is 3.93. The van der Waals surface area contributed by atoms with Crippen LogP contribution in [0.5, 0.6) is 0 Å². The molecule has 0 heterocycles. The van der Waals surface area contributed by atoms with Gasteiger partial charge in [-0.3, -0.25) is 4.79 Å². The lowest BCUT2D eigenvalue weighted by atomic mass is 9.69. The van der Waals surface area contributed by atoms with Gasteiger partial charge in [0.2, 0.25) is 0 Å². The molecule has 0 aliphatic heterocycles. The van der Waals surface area contributed by atoms with Gasteiger partial charge in [0.15, 0.2) is 0 Å². The Morgan fingerprint density at radius 1 is 1.22 bits per heavy atom. The maximum atomic E-state index is 14.0. The molecule has 0 saturated heterocycles. The molecule has 1 N–H and O–H groups in total. The highest BCUT2D eigenvalue weighted by Gasteiger charge is 2.45. The van der Waals surface area contributed by atoms with Gasteiger partial charge in [0.25, 0.3) is 0 Å². The third-order valence-electron chi connectivity index (χ3n) is 3.64. The molecule has 2 rings (SSSR count). The lowest BCUT2D eigenvalue weighted by molar-refractivity contribution is -0.145. The molecule has 1 aromatic carbocycles. The van der Waals surface area contributed by atoms with Gasteiger partial charge in [-0.2, -0.15) is 0 Å². The summed E-state index contributed by atoms with van der Waals surface area (Å²) in [5.41, 5.74) is -1.86. The molecule has 0 spiro atoms. The summed E-state index contributed by atoms with van der Waals surface area (Å²) in [6.07, 6.45) is 2.68. The Labute approximate surface area is 109 Å². The van der Waals surface area contributed by atoms with E-state index in [1.807, 2.05) is 0 Å². The minimum absolute atomic E-state index is 0.238. The van der Waals surface area contributed by atoms with E-state index in [9.17, 15) is 18.7 Å². The average Bonchev–Trinajstić information content (AvgIpc) is 2.35. The molecular weight excluding hydrogens is 262 g/mol. The lowest BCUT2D eigenvalue weighted by Crippen LogP contribution is -2.39. The summed E-state index contributed by atoms with van der Waals surface area (Å²) in [6.45, 7) is 0. The van der Waals surface area contributed by atoms with Crippen LogP contribution >= 0.6 is 11.6 Å². The highest BCUT2D eigenvalue weighted by molar-refractivity contribution is 6.30. The predicted octanol–water partition coefficient (Wildman–Crippen LogP) is 3.90. The molecule has 0 amide bonds. The quantitative estimate of drug-likeness (QED) is 0.831. The van der Waals surface area contributed by atoms with Gasteiger partial charge in [0, 0.05) is 5.56 Å². The number of benzene rings is 1. The molecule has 0 unspecified atom stereocenters. The van der Waals surface area contributed by atoms with Crippen LogP contribution < -0.4 is 0 Å². The predicted molar refractivity (Wildman–Crippen MR) is 63.8 cm³/mol. The van der Waals surface area contributed by atoms with Crippen molar-refractivity contribution in [1.29, 1.82) is 0 Å². The van der Waals surface area contributed by atoms with Crippen LogP contribution in [0, 0.1) is 11.6 Å². The van der Waals surface area contributed by atoms with Crippen molar-refractivity contribution in [2.75, 3.05) is 0 Å². The molecule has 1 fully saturated rings. The van der Waals surface area contributed by atoms with Crippen LogP contribution in [-0.2, 0) is 10.2 Å². The SMILES string of the molecule is O=C(O)C1(c2c(F)ccc(Cl)c2F)CCCCC1. The number of carboxylic acid groups (broad SMARTS) is 1. The van der Waals surface area contributed by atoms with Gasteiger partial charge in [-0.25, -0.2) is 8.78 Å². The first-order valence-corrected chi connectivity index (χ1v) is 6.24. The average molecular weight is 275 g/mol. The van der Waals surface area contributed by atoms with Crippen LogP contribution in [0.4, 0.5) is 8.78 Å². The molecule has 1 saturated carbocycles. The second-order valence-corrected chi connectivity index (χ2v) is 5.07. The van der Waals surface area contributed by atoms with E-state index in [4.69, 9.17) is 11.6 Å². The van der Waals surface area contributed by atoms with Crippen molar-refractivity contribution in [2.45, 2.75) is 37.5 Å². The van der Waals surface area contributed by atoms with Crippen molar-refractivity contribution < 1.29 is 18.7 Å². The third kappa shape index (κ3) is 1.99. The number of rotatable bonds is 2. The molecule has 1 aliphatic carbocycles. The number of hydrogen-bond donors (Lipinski definition) is 1. The maximum absolute atomic E-state index is 14.0. The molecule has 98 valence electrons. The highest BCUT2D eigenvalue weighted by Crippen LogP contribution is 2.43. The maximum Gasteiger partial charge on any atom is 0.314 e. The molecule has 2 nitrogen and oxygen atoms in total. The van der Waals surface area contributed by atoms with Crippen molar-refractivity contribution in [3.05, 3.63) is 34.4 Å². The molecule has 0 aromatic heterocycles. The summed E-state index contributed by atoms with van der Waals surface area (Å²) in [7, 11) is 0. The van der Waals surface area contributed by atoms with Crippen LogP contribution in [-0.4, -0.2) is 11.1 Å². The van der Waals surface area contributed by atoms with Gasteiger partial charge in [0.05, 0.1) is 10.4 Å². The van der Waals surface area contributed by atoms with Crippen LogP contribution in [0.15, 0.2) is 12.1 Å². The van der Waals surface area contributed by atoms with E-state index in [2.05, 4.69) is 0 Å². The fraction of sp³-hybridized carbons (Fsp3) is 0.462. The zero-order valence-electron chi connectivity index (χ0n) is 9.68. The van der Waals surface area contributed by atoms with Crippen molar-refractivity contribution in [3.8, 4) is 0 Å². The smallest absolute Gasteiger partial charge is 0.314 e. The van der Waals surface area contributed by atoms with Crippen LogP contribution in [0.3, 0.4) is 0 Å². The first-order chi connectivity index (χ1) is 8.49. The van der Waals surface area contributed by atoms with Gasteiger partial charge in [-0.15, -0.1) is 0 Å². The van der Waals surface area contributed by atoms with Crippen molar-refractivity contribution in [3.63, 3.8) is 0 Å². The van der Waals surface area contributed by atoms with E-state index in [1.165, 1.54) is 0 Å². The van der Waals surface area contributed by atoms with Crippen LogP contribution in [0.25, 0.3) is 0 Å². The molecule has 0 bridgehead atoms. The van der Waals surface area contributed by atoms with E-state index >= 15 is 0 Å². The van der Waals surface area contributed by atoms with E-state index < -0.39 is 23.0 Å². The van der Waals surface area contributed by atoms with Crippen LogP contribution in [0.2, 0.25) is 5.02 Å². The molecule has 5 heteroatoms. The van der Waals surface area contributed by atoms with Gasteiger partial charge >= 0.3 is 5.97 Å². The number of hydrogen-bond acceptors (Lipinski definition) is 1. The van der Waals surface area contributed by atoms with Gasteiger partial charge in [-0.1, -0.05) is 30.9 Å². The standard InChI is InChI=1S/C13H13ClF2O2/c14-8-4-5-9(15)10(11(8)16)13(12(17)18)6-2-1-3-7-13/h4-5H,1-3,6-7H2,(H,17,18). The Bertz CT molecular complexity index is 482. The number of carboxylic acids is 1. The summed E-state index contributed by atoms with van der Waals surface area (Å²) in [5, 5.41) is 9.17. The monoisotopic (exact) mass is 274 g/mol. The second-order valence-electron chi connectivity index (χ2n) is 4.67. The molecule has 0 atom stereocenters. The lowest BCUT2D eigenvalue weighted by Gasteiger charge is -2.34. The molecule has 18 heavy (non-hydrogen) atoms. The van der Waals surface area contributed by atoms with E-state index in [1.54, 1.807) is 0 Å². The summed E-state index contributed by atoms with van der Waals surface area (Å²) >= 11 is 5.64. The van der Waals surface area contributed by atoms with E-state index in [-0.39, 0.29) is 23.4 Å². The number of aliphatic carboxylic acids is 1. The fourth-order valence-electron chi connectivity index (χ4n) is 2.69. The molecule has 1 aliphatic rings. The Kier molecular flexibility index (Phi) is 3.57. The molecule has 0 radical (unpaired) electrons. The largest absolute Gasteiger partial charge is 0.481 e. The molecular formula is C13H13ClF2O2. The Morgan fingerprint density at radius 3 is 2.39 bits per heavy atom. The topological polar surface area (TPSA) is 37.3 Å². The number of halogens is 3. The minimum atomic E-state index is -1.47. The van der Waals surface area contributed by atoms with Gasteiger partial charge in [0.1, 0.15) is 11.6 Å². The fourth-order valence-corrected chi connectivity index (χ4v) is 2.85. The van der Waals surface area contributed by atoms with E-state index in [0.29, 0.717) is 12.8 Å². The summed E-state index contributed by atoms with van der Waals surface area (Å²) in [5.74, 6) is -2.95. The van der Waals surface area contributed by atoms with Gasteiger partial charge in [-0.05, 0) is 25.0 Å². The minimum Gasteiger partial charge on any atom is -0.481 e. The van der Waals surface area contributed by atoms with Gasteiger partial charge < -0.3 is 5.11 Å². The summed E-state index contributed by atoms with van der Waals surface area (Å²) < 4.78 is 27.9. The summed E-state index contributed by atoms with van der Waals surface area (Å²) in [6, 6.07) is 2.13. The zero-order valence-corrected chi connectivity index (χ0v) is 10.4. The Hall–Kier alpha value is -1.16. The van der Waals surface area contributed by atoms with Crippen molar-refractivity contribution in [1.82, 2.24) is 0 Å². The first kappa shape index (κ1) is 13.3. The highest BCUT2D eigenvalue weighted by atomic mass is 35.5. The first-order valence-electron chi connectivity index (χ1n) is 5.86. The van der Waals surface area contributed by atoms with Crippen LogP contribution in [0.1, 0.15) is 37.7 Å². The Balaban J connectivity index is 2.63. The van der Waals surface area contributed by atoms with Crippen molar-refractivity contribution >= 4 is 17.6 Å². The molecule has 1 aromatic rings. The Morgan fingerprint density at radius 2 is 1.83 bits per heavy atom. The zero-order chi connectivity index (χ0) is 13.3. The normalized spacial score (nSPS) is 18.6. The number of carbonyl (C=O) groups is 1. The second kappa shape index (κ2) is 4.84. The van der Waals surface area contributed by atoms with Crippen molar-refractivity contribution in [2.24, 2.45) is 0 Å².